The van der Waals surface area contributed by atoms with Gasteiger partial charge < -0.3 is 20.5 Å². The van der Waals surface area contributed by atoms with Gasteiger partial charge in [0.25, 0.3) is 5.91 Å². The predicted molar refractivity (Wildman–Crippen MR) is 133 cm³/mol. The molecule has 1 heterocycles. The molecule has 8 nitrogen and oxygen atoms in total. The molecular formula is C26H27N3O5S. The number of carboxylic acids is 1. The number of carboxylic acid groups (broad SMARTS) is 1. The highest BCUT2D eigenvalue weighted by Crippen LogP contribution is 2.44. The Balaban J connectivity index is 1.25. The van der Waals surface area contributed by atoms with Gasteiger partial charge in [-0.05, 0) is 28.7 Å². The second kappa shape index (κ2) is 11.1. The molecule has 2 amide bonds. The Kier molecular flexibility index (Phi) is 7.77. The zero-order chi connectivity index (χ0) is 24.8. The summed E-state index contributed by atoms with van der Waals surface area (Å²) in [7, 11) is 0. The first-order chi connectivity index (χ1) is 17.0. The monoisotopic (exact) mass is 493 g/mol. The number of hydrogen-bond acceptors (Lipinski definition) is 6. The zero-order valence-corrected chi connectivity index (χ0v) is 20.1. The van der Waals surface area contributed by atoms with Crippen LogP contribution in [-0.2, 0) is 16.0 Å². The molecule has 182 valence electrons. The number of nitrogens with one attached hydrogen (secondary N) is 2. The van der Waals surface area contributed by atoms with Crippen molar-refractivity contribution in [2.75, 3.05) is 13.2 Å². The molecule has 0 spiro atoms. The van der Waals surface area contributed by atoms with Gasteiger partial charge in [0.05, 0.1) is 11.4 Å². The van der Waals surface area contributed by atoms with E-state index >= 15 is 0 Å². The molecule has 4 rings (SSSR count). The van der Waals surface area contributed by atoms with Crippen molar-refractivity contribution in [3.8, 4) is 11.1 Å². The zero-order valence-electron chi connectivity index (χ0n) is 19.3. The molecular weight excluding hydrogens is 466 g/mol. The molecule has 35 heavy (non-hydrogen) atoms. The second-order valence-corrected chi connectivity index (χ2v) is 9.25. The molecule has 1 aliphatic rings. The number of aliphatic carboxylic acids is 1. The number of carbonyl (C=O) groups is 3. The number of aromatic nitrogens is 1. The molecule has 2 aromatic carbocycles. The van der Waals surface area contributed by atoms with Gasteiger partial charge in [-0.25, -0.2) is 9.78 Å². The van der Waals surface area contributed by atoms with E-state index in [1.54, 1.807) is 5.38 Å². The van der Waals surface area contributed by atoms with Crippen LogP contribution in [0.25, 0.3) is 11.1 Å². The van der Waals surface area contributed by atoms with Crippen LogP contribution >= 0.6 is 11.3 Å². The van der Waals surface area contributed by atoms with E-state index in [1.165, 1.54) is 22.5 Å². The lowest BCUT2D eigenvalue weighted by atomic mass is 9.98. The largest absolute Gasteiger partial charge is 0.481 e. The number of hydrogen-bond donors (Lipinski definition) is 3. The molecule has 3 N–H and O–H groups in total. The summed E-state index contributed by atoms with van der Waals surface area (Å²) in [5.74, 6) is -1.36. The summed E-state index contributed by atoms with van der Waals surface area (Å²) in [6.45, 7) is 2.38. The standard InChI is InChI=1S/C26H27N3O5S/c1-2-16(13-24(30)31)28-25(32)22-15-35-23(29-22)11-12-27-26(33)34-14-21-19-9-5-3-7-17(19)18-8-4-6-10-20(18)21/h3-10,15-16,21H,2,11-14H2,1H3,(H,27,33)(H,28,32)(H,30,31)/t16-/m1/s1. The molecule has 0 unspecified atom stereocenters. The van der Waals surface area contributed by atoms with Crippen LogP contribution < -0.4 is 10.6 Å². The lowest BCUT2D eigenvalue weighted by Crippen LogP contribution is -2.36. The van der Waals surface area contributed by atoms with Gasteiger partial charge in [0.1, 0.15) is 12.3 Å². The molecule has 1 atom stereocenters. The van der Waals surface area contributed by atoms with E-state index < -0.39 is 24.0 Å². The highest BCUT2D eigenvalue weighted by Gasteiger charge is 2.29. The second-order valence-electron chi connectivity index (χ2n) is 8.31. The van der Waals surface area contributed by atoms with Gasteiger partial charge in [0, 0.05) is 30.3 Å². The van der Waals surface area contributed by atoms with Crippen molar-refractivity contribution in [1.82, 2.24) is 15.6 Å². The minimum absolute atomic E-state index is 0.00116. The van der Waals surface area contributed by atoms with Gasteiger partial charge in [0.2, 0.25) is 0 Å². The maximum atomic E-state index is 12.3. The third-order valence-electron chi connectivity index (χ3n) is 5.99. The Morgan fingerprint density at radius 2 is 1.74 bits per heavy atom. The predicted octanol–water partition coefficient (Wildman–Crippen LogP) is 4.21. The molecule has 0 fully saturated rings. The van der Waals surface area contributed by atoms with Gasteiger partial charge in [-0.1, -0.05) is 55.5 Å². The lowest BCUT2D eigenvalue weighted by Gasteiger charge is -2.14. The molecule has 0 aliphatic heterocycles. The van der Waals surface area contributed by atoms with Crippen molar-refractivity contribution in [2.24, 2.45) is 0 Å². The van der Waals surface area contributed by atoms with E-state index in [4.69, 9.17) is 9.84 Å². The number of amides is 2. The minimum Gasteiger partial charge on any atom is -0.481 e. The summed E-state index contributed by atoms with van der Waals surface area (Å²) >= 11 is 1.32. The van der Waals surface area contributed by atoms with Gasteiger partial charge in [-0.15, -0.1) is 11.3 Å². The van der Waals surface area contributed by atoms with E-state index in [-0.39, 0.29) is 24.6 Å². The Bertz CT molecular complexity index is 1180. The van der Waals surface area contributed by atoms with Crippen LogP contribution in [-0.4, -0.2) is 47.3 Å². The number of ether oxygens (including phenoxy) is 1. The summed E-state index contributed by atoms with van der Waals surface area (Å²) in [5.41, 5.74) is 4.91. The maximum absolute atomic E-state index is 12.3. The highest BCUT2D eigenvalue weighted by molar-refractivity contribution is 7.09. The summed E-state index contributed by atoms with van der Waals surface area (Å²) in [4.78, 5) is 39.8. The van der Waals surface area contributed by atoms with E-state index in [0.717, 1.165) is 11.1 Å². The van der Waals surface area contributed by atoms with Crippen molar-refractivity contribution in [3.05, 3.63) is 75.7 Å². The van der Waals surface area contributed by atoms with Crippen LogP contribution in [0, 0.1) is 0 Å². The van der Waals surface area contributed by atoms with Crippen LogP contribution in [0.5, 0.6) is 0 Å². The number of thiazole rings is 1. The topological polar surface area (TPSA) is 118 Å². The fourth-order valence-corrected chi connectivity index (χ4v) is 5.00. The molecule has 9 heteroatoms. The lowest BCUT2D eigenvalue weighted by molar-refractivity contribution is -0.137. The third kappa shape index (κ3) is 5.86. The Morgan fingerprint density at radius 3 is 2.37 bits per heavy atom. The average Bonchev–Trinajstić information content (AvgIpc) is 3.45. The van der Waals surface area contributed by atoms with E-state index in [0.29, 0.717) is 24.4 Å². The summed E-state index contributed by atoms with van der Waals surface area (Å²) in [6.07, 6.45) is 0.331. The van der Waals surface area contributed by atoms with Crippen LogP contribution in [0.2, 0.25) is 0 Å². The van der Waals surface area contributed by atoms with Gasteiger partial charge >= 0.3 is 12.1 Å². The van der Waals surface area contributed by atoms with Crippen molar-refractivity contribution in [3.63, 3.8) is 0 Å². The van der Waals surface area contributed by atoms with Gasteiger partial charge in [-0.2, -0.15) is 0 Å². The van der Waals surface area contributed by atoms with Gasteiger partial charge in [-0.3, -0.25) is 9.59 Å². The van der Waals surface area contributed by atoms with Crippen molar-refractivity contribution < 1.29 is 24.2 Å². The Hall–Kier alpha value is -3.72. The summed E-state index contributed by atoms with van der Waals surface area (Å²) in [5, 5.41) is 16.7. The number of rotatable bonds is 10. The molecule has 0 saturated heterocycles. The minimum atomic E-state index is -0.963. The fourth-order valence-electron chi connectivity index (χ4n) is 4.22. The normalized spacial score (nSPS) is 12.9. The number of nitrogens with zero attached hydrogens (tertiary/aromatic N) is 1. The summed E-state index contributed by atoms with van der Waals surface area (Å²) in [6, 6.07) is 15.9. The first-order valence-corrected chi connectivity index (χ1v) is 12.4. The highest BCUT2D eigenvalue weighted by atomic mass is 32.1. The molecule has 0 bridgehead atoms. The van der Waals surface area contributed by atoms with Crippen LogP contribution in [0.1, 0.15) is 52.3 Å². The molecule has 1 aromatic heterocycles. The number of alkyl carbamates (subject to hydrolysis) is 1. The molecule has 0 saturated carbocycles. The smallest absolute Gasteiger partial charge is 0.407 e. The first kappa shape index (κ1) is 24.4. The van der Waals surface area contributed by atoms with Crippen LogP contribution in [0.4, 0.5) is 4.79 Å². The van der Waals surface area contributed by atoms with E-state index in [2.05, 4.69) is 39.9 Å². The van der Waals surface area contributed by atoms with Crippen molar-refractivity contribution >= 4 is 29.3 Å². The van der Waals surface area contributed by atoms with Gasteiger partial charge in [0.15, 0.2) is 0 Å². The third-order valence-corrected chi connectivity index (χ3v) is 6.89. The summed E-state index contributed by atoms with van der Waals surface area (Å²) < 4.78 is 5.53. The maximum Gasteiger partial charge on any atom is 0.407 e. The molecule has 0 radical (unpaired) electrons. The number of carbonyl (C=O) groups excluding carboxylic acids is 2. The number of benzene rings is 2. The molecule has 1 aliphatic carbocycles. The van der Waals surface area contributed by atoms with E-state index in [1.807, 2.05) is 31.2 Å². The fraction of sp³-hybridized carbons (Fsp3) is 0.308. The Morgan fingerprint density at radius 1 is 1.09 bits per heavy atom. The van der Waals surface area contributed by atoms with Crippen LogP contribution in [0.15, 0.2) is 53.9 Å². The molecule has 3 aromatic rings. The van der Waals surface area contributed by atoms with Crippen molar-refractivity contribution in [1.29, 1.82) is 0 Å². The number of fused-ring (bicyclic) bond motifs is 3. The Labute approximate surface area is 207 Å². The first-order valence-electron chi connectivity index (χ1n) is 11.5. The quantitative estimate of drug-likeness (QED) is 0.390. The van der Waals surface area contributed by atoms with Crippen LogP contribution in [0.3, 0.4) is 0 Å². The average molecular weight is 494 g/mol. The van der Waals surface area contributed by atoms with E-state index in [9.17, 15) is 14.4 Å². The van der Waals surface area contributed by atoms with Crippen molar-refractivity contribution in [2.45, 2.75) is 38.1 Å². The SMILES string of the molecule is CC[C@H](CC(=O)O)NC(=O)c1csc(CCNC(=O)OCC2c3ccccc3-c3ccccc32)n1.